The maximum Gasteiger partial charge on any atom is 0.270 e. The van der Waals surface area contributed by atoms with E-state index in [2.05, 4.69) is 17.3 Å². The summed E-state index contributed by atoms with van der Waals surface area (Å²) in [5.74, 6) is 2.21. The Bertz CT molecular complexity index is 595. The number of carbonyl (C=O) groups excluding carboxylic acids is 1. The van der Waals surface area contributed by atoms with Gasteiger partial charge in [-0.3, -0.25) is 4.79 Å². The zero-order valence-electron chi connectivity index (χ0n) is 13.2. The van der Waals surface area contributed by atoms with Gasteiger partial charge in [0, 0.05) is 6.54 Å². The van der Waals surface area contributed by atoms with Crippen molar-refractivity contribution < 1.29 is 4.79 Å². The highest BCUT2D eigenvalue weighted by molar-refractivity contribution is 7.99. The van der Waals surface area contributed by atoms with Gasteiger partial charge in [-0.1, -0.05) is 25.1 Å². The summed E-state index contributed by atoms with van der Waals surface area (Å²) in [5, 5.41) is 7.41. The lowest BCUT2D eigenvalue weighted by atomic mass is 10.3. The van der Waals surface area contributed by atoms with Gasteiger partial charge in [0.1, 0.15) is 5.69 Å². The first-order valence-electron chi connectivity index (χ1n) is 7.70. The van der Waals surface area contributed by atoms with Gasteiger partial charge in [-0.05, 0) is 49.5 Å². The van der Waals surface area contributed by atoms with Crippen molar-refractivity contribution in [1.29, 1.82) is 0 Å². The molecule has 0 aliphatic rings. The van der Waals surface area contributed by atoms with E-state index in [0.29, 0.717) is 12.2 Å². The molecule has 0 aliphatic carbocycles. The Balaban J connectivity index is 1.96. The van der Waals surface area contributed by atoms with Gasteiger partial charge in [0.2, 0.25) is 0 Å². The van der Waals surface area contributed by atoms with Crippen LogP contribution >= 0.6 is 11.8 Å². The normalized spacial score (nSPS) is 10.6. The lowest BCUT2D eigenvalue weighted by Gasteiger charge is -2.08. The van der Waals surface area contributed by atoms with Crippen molar-refractivity contribution in [1.82, 2.24) is 15.1 Å². The molecule has 4 nitrogen and oxygen atoms in total. The van der Waals surface area contributed by atoms with E-state index in [1.54, 1.807) is 4.68 Å². The van der Waals surface area contributed by atoms with Gasteiger partial charge in [-0.2, -0.15) is 16.9 Å². The molecule has 0 saturated carbocycles. The van der Waals surface area contributed by atoms with E-state index in [-0.39, 0.29) is 5.91 Å². The molecular formula is C17H23N3OS. The molecule has 0 atom stereocenters. The quantitative estimate of drug-likeness (QED) is 0.759. The van der Waals surface area contributed by atoms with Crippen LogP contribution in [0, 0.1) is 6.92 Å². The number of carbonyl (C=O) groups is 1. The largest absolute Gasteiger partial charge is 0.351 e. The van der Waals surface area contributed by atoms with E-state index in [0.717, 1.165) is 23.6 Å². The van der Waals surface area contributed by atoms with E-state index in [1.165, 1.54) is 12.2 Å². The fraction of sp³-hybridized carbons (Fsp3) is 0.412. The summed E-state index contributed by atoms with van der Waals surface area (Å²) in [6.45, 7) is 4.79. The van der Waals surface area contributed by atoms with Crippen molar-refractivity contribution in [3.63, 3.8) is 0 Å². The van der Waals surface area contributed by atoms with Gasteiger partial charge >= 0.3 is 0 Å². The van der Waals surface area contributed by atoms with Gasteiger partial charge in [-0.15, -0.1) is 0 Å². The second kappa shape index (κ2) is 8.63. The monoisotopic (exact) mass is 317 g/mol. The smallest absolute Gasteiger partial charge is 0.270 e. The van der Waals surface area contributed by atoms with Crippen LogP contribution in [0.3, 0.4) is 0 Å². The van der Waals surface area contributed by atoms with Crippen LogP contribution in [0.15, 0.2) is 36.4 Å². The maximum atomic E-state index is 12.4. The average molecular weight is 317 g/mol. The Morgan fingerprint density at radius 1 is 1.27 bits per heavy atom. The van der Waals surface area contributed by atoms with Gasteiger partial charge in [0.05, 0.1) is 11.4 Å². The minimum absolute atomic E-state index is 0.0649. The molecule has 1 aromatic carbocycles. The molecule has 0 bridgehead atoms. The zero-order chi connectivity index (χ0) is 15.8. The number of nitrogens with one attached hydrogen (secondary N) is 1. The first-order chi connectivity index (χ1) is 10.7. The predicted molar refractivity (Wildman–Crippen MR) is 92.9 cm³/mol. The van der Waals surface area contributed by atoms with Crippen molar-refractivity contribution in [2.45, 2.75) is 26.7 Å². The molecule has 0 radical (unpaired) electrons. The lowest BCUT2D eigenvalue weighted by Crippen LogP contribution is -2.27. The molecule has 1 N–H and O–H groups in total. The molecule has 0 spiro atoms. The lowest BCUT2D eigenvalue weighted by molar-refractivity contribution is 0.0946. The number of hydrogen-bond donors (Lipinski definition) is 1. The van der Waals surface area contributed by atoms with Crippen molar-refractivity contribution in [2.24, 2.45) is 0 Å². The van der Waals surface area contributed by atoms with Crippen molar-refractivity contribution in [3.05, 3.63) is 47.8 Å². The number of aryl methyl sites for hydroxylation is 1. The summed E-state index contributed by atoms with van der Waals surface area (Å²) in [5.41, 5.74) is 2.33. The minimum Gasteiger partial charge on any atom is -0.351 e. The average Bonchev–Trinajstić information content (AvgIpc) is 2.93. The molecule has 1 heterocycles. The van der Waals surface area contributed by atoms with E-state index in [9.17, 15) is 4.79 Å². The molecule has 0 unspecified atom stereocenters. The van der Waals surface area contributed by atoms with Crippen LogP contribution < -0.4 is 5.32 Å². The molecule has 1 aromatic heterocycles. The molecule has 22 heavy (non-hydrogen) atoms. The van der Waals surface area contributed by atoms with Crippen LogP contribution in [0.2, 0.25) is 0 Å². The molecule has 0 aliphatic heterocycles. The Kier molecular flexibility index (Phi) is 6.52. The number of benzene rings is 1. The van der Waals surface area contributed by atoms with Gasteiger partial charge < -0.3 is 5.32 Å². The summed E-state index contributed by atoms with van der Waals surface area (Å²) >= 11 is 1.94. The molecule has 0 saturated heterocycles. The second-order valence-electron chi connectivity index (χ2n) is 5.14. The number of nitrogens with zero attached hydrogens (tertiary/aromatic N) is 2. The topological polar surface area (TPSA) is 46.9 Å². The fourth-order valence-electron chi connectivity index (χ4n) is 2.14. The first-order valence-corrected chi connectivity index (χ1v) is 8.86. The van der Waals surface area contributed by atoms with E-state index in [1.807, 2.05) is 55.1 Å². The van der Waals surface area contributed by atoms with Crippen LogP contribution in [-0.2, 0) is 0 Å². The van der Waals surface area contributed by atoms with Gasteiger partial charge in [0.25, 0.3) is 5.91 Å². The number of para-hydroxylation sites is 1. The van der Waals surface area contributed by atoms with Crippen molar-refractivity contribution in [3.8, 4) is 5.69 Å². The molecule has 1 amide bonds. The van der Waals surface area contributed by atoms with Crippen LogP contribution in [0.5, 0.6) is 0 Å². The highest BCUT2D eigenvalue weighted by Gasteiger charge is 2.14. The number of amides is 1. The highest BCUT2D eigenvalue weighted by atomic mass is 32.2. The van der Waals surface area contributed by atoms with Crippen LogP contribution in [0.4, 0.5) is 0 Å². The highest BCUT2D eigenvalue weighted by Crippen LogP contribution is 2.12. The van der Waals surface area contributed by atoms with Gasteiger partial charge in [0.15, 0.2) is 0 Å². The molecule has 2 rings (SSSR count). The first kappa shape index (κ1) is 16.6. The zero-order valence-corrected chi connectivity index (χ0v) is 14.0. The van der Waals surface area contributed by atoms with Crippen molar-refractivity contribution >= 4 is 17.7 Å². The summed E-state index contributed by atoms with van der Waals surface area (Å²) in [4.78, 5) is 12.4. The van der Waals surface area contributed by atoms with Crippen LogP contribution in [0.25, 0.3) is 5.69 Å². The number of aromatic nitrogens is 2. The molecule has 118 valence electrons. The Morgan fingerprint density at radius 2 is 2.05 bits per heavy atom. The van der Waals surface area contributed by atoms with E-state index >= 15 is 0 Å². The third kappa shape index (κ3) is 4.63. The SMILES string of the molecule is CCCSCCCNC(=O)c1cc(C)nn1-c1ccccc1. The Hall–Kier alpha value is -1.75. The van der Waals surface area contributed by atoms with E-state index in [4.69, 9.17) is 0 Å². The third-order valence-corrected chi connectivity index (χ3v) is 4.44. The second-order valence-corrected chi connectivity index (χ2v) is 6.36. The van der Waals surface area contributed by atoms with Gasteiger partial charge in [-0.25, -0.2) is 4.68 Å². The van der Waals surface area contributed by atoms with Crippen molar-refractivity contribution in [2.75, 3.05) is 18.1 Å². The third-order valence-electron chi connectivity index (χ3n) is 3.16. The molecular weight excluding hydrogens is 294 g/mol. The number of thioether (sulfide) groups is 1. The Morgan fingerprint density at radius 3 is 2.77 bits per heavy atom. The summed E-state index contributed by atoms with van der Waals surface area (Å²) in [7, 11) is 0. The summed E-state index contributed by atoms with van der Waals surface area (Å²) in [6, 6.07) is 11.6. The standard InChI is InChI=1S/C17H23N3OS/c1-3-11-22-12-7-10-18-17(21)16-13-14(2)19-20(16)15-8-5-4-6-9-15/h4-6,8-9,13H,3,7,10-12H2,1-2H3,(H,18,21). The number of rotatable bonds is 8. The van der Waals surface area contributed by atoms with E-state index < -0.39 is 0 Å². The molecule has 2 aromatic rings. The fourth-order valence-corrected chi connectivity index (χ4v) is 2.98. The maximum absolute atomic E-state index is 12.4. The Labute approximate surface area is 136 Å². The summed E-state index contributed by atoms with van der Waals surface area (Å²) in [6.07, 6.45) is 2.20. The predicted octanol–water partition coefficient (Wildman–Crippen LogP) is 3.44. The van der Waals surface area contributed by atoms with Crippen LogP contribution in [0.1, 0.15) is 35.9 Å². The summed E-state index contributed by atoms with van der Waals surface area (Å²) < 4.78 is 1.70. The van der Waals surface area contributed by atoms with Crippen LogP contribution in [-0.4, -0.2) is 33.7 Å². The minimum atomic E-state index is -0.0649. The number of hydrogen-bond acceptors (Lipinski definition) is 3. The molecule has 0 fully saturated rings. The molecule has 5 heteroatoms.